The summed E-state index contributed by atoms with van der Waals surface area (Å²) >= 11 is 0. The molecule has 0 saturated heterocycles. The molecule has 188 valence electrons. The maximum atomic E-state index is 5.78. The fourth-order valence-electron chi connectivity index (χ4n) is 4.86. The van der Waals surface area contributed by atoms with Crippen molar-refractivity contribution in [2.24, 2.45) is 5.92 Å². The van der Waals surface area contributed by atoms with E-state index in [1.54, 1.807) is 0 Å². The summed E-state index contributed by atoms with van der Waals surface area (Å²) in [6, 6.07) is 19.1. The van der Waals surface area contributed by atoms with Crippen LogP contribution in [0.5, 0.6) is 0 Å². The van der Waals surface area contributed by atoms with Crippen LogP contribution in [0.4, 0.5) is 11.8 Å². The lowest BCUT2D eigenvalue weighted by Crippen LogP contribution is -2.32. The molecule has 1 fully saturated rings. The molecule has 0 atom stereocenters. The summed E-state index contributed by atoms with van der Waals surface area (Å²) in [5, 5.41) is 8.40. The number of aromatic nitrogens is 2. The van der Waals surface area contributed by atoms with Crippen LogP contribution in [0.2, 0.25) is 0 Å². The second-order valence-corrected chi connectivity index (χ2v) is 9.95. The van der Waals surface area contributed by atoms with Crippen molar-refractivity contribution in [3.05, 3.63) is 60.2 Å². The van der Waals surface area contributed by atoms with E-state index in [-0.39, 0.29) is 0 Å². The van der Waals surface area contributed by atoms with E-state index in [2.05, 4.69) is 51.9 Å². The molecule has 0 amide bonds. The predicted molar refractivity (Wildman–Crippen MR) is 146 cm³/mol. The molecule has 4 rings (SSSR count). The van der Waals surface area contributed by atoms with Gasteiger partial charge in [0.2, 0.25) is 5.95 Å². The van der Waals surface area contributed by atoms with Gasteiger partial charge in [0, 0.05) is 32.1 Å². The smallest absolute Gasteiger partial charge is 0.225 e. The molecule has 2 N–H and O–H groups in total. The summed E-state index contributed by atoms with van der Waals surface area (Å²) in [4.78, 5) is 11.6. The molecule has 0 bridgehead atoms. The van der Waals surface area contributed by atoms with Gasteiger partial charge in [-0.25, -0.2) is 4.98 Å². The zero-order valence-electron chi connectivity index (χ0n) is 21.4. The van der Waals surface area contributed by atoms with Crippen LogP contribution < -0.4 is 15.5 Å². The van der Waals surface area contributed by atoms with Crippen molar-refractivity contribution in [1.82, 2.24) is 15.3 Å². The van der Waals surface area contributed by atoms with E-state index in [9.17, 15) is 0 Å². The predicted octanol–water partition coefficient (Wildman–Crippen LogP) is 5.64. The quantitative estimate of drug-likeness (QED) is 0.312. The number of hydrogen-bond donors (Lipinski definition) is 2. The van der Waals surface area contributed by atoms with Crippen LogP contribution in [0.3, 0.4) is 0 Å². The lowest BCUT2D eigenvalue weighted by molar-refractivity contribution is 0.117. The number of ether oxygens (including phenoxy) is 1. The largest absolute Gasteiger partial charge is 0.377 e. The van der Waals surface area contributed by atoms with Crippen molar-refractivity contribution in [1.29, 1.82) is 0 Å². The van der Waals surface area contributed by atoms with Crippen molar-refractivity contribution < 1.29 is 4.74 Å². The molecule has 6 heteroatoms. The van der Waals surface area contributed by atoms with Gasteiger partial charge < -0.3 is 20.3 Å². The molecule has 1 aliphatic carbocycles. The average Bonchev–Trinajstić information content (AvgIpc) is 2.88. The van der Waals surface area contributed by atoms with Crippen molar-refractivity contribution in [3.63, 3.8) is 0 Å². The van der Waals surface area contributed by atoms with Crippen LogP contribution in [0.25, 0.3) is 10.9 Å². The Morgan fingerprint density at radius 1 is 0.886 bits per heavy atom. The first kappa shape index (κ1) is 25.4. The molecule has 0 unspecified atom stereocenters. The fraction of sp³-hybridized carbons (Fsp3) is 0.517. The number of nitrogens with zero attached hydrogens (tertiary/aromatic N) is 3. The highest BCUT2D eigenvalue weighted by Crippen LogP contribution is 2.28. The Hall–Kier alpha value is -2.70. The highest BCUT2D eigenvalue weighted by molar-refractivity contribution is 5.90. The molecule has 2 aromatic carbocycles. The number of unbranched alkanes of at least 4 members (excludes halogenated alkanes) is 2. The third kappa shape index (κ3) is 7.91. The van der Waals surface area contributed by atoms with Gasteiger partial charge in [0.1, 0.15) is 5.82 Å². The summed E-state index contributed by atoms with van der Waals surface area (Å²) in [5.74, 6) is 2.50. The molecule has 35 heavy (non-hydrogen) atoms. The van der Waals surface area contributed by atoms with Gasteiger partial charge in [0.15, 0.2) is 0 Å². The molecule has 1 heterocycles. The molecule has 0 radical (unpaired) electrons. The van der Waals surface area contributed by atoms with Crippen molar-refractivity contribution >= 4 is 22.7 Å². The Labute approximate surface area is 210 Å². The van der Waals surface area contributed by atoms with Crippen LogP contribution >= 0.6 is 0 Å². The molecule has 0 spiro atoms. The fourth-order valence-corrected chi connectivity index (χ4v) is 4.86. The van der Waals surface area contributed by atoms with Gasteiger partial charge in [-0.05, 0) is 81.6 Å². The van der Waals surface area contributed by atoms with Gasteiger partial charge in [-0.1, -0.05) is 42.5 Å². The molecule has 0 aliphatic heterocycles. The minimum atomic E-state index is 0.457. The number of benzene rings is 2. The van der Waals surface area contributed by atoms with Crippen molar-refractivity contribution in [2.45, 2.75) is 57.6 Å². The zero-order valence-corrected chi connectivity index (χ0v) is 21.4. The number of anilines is 2. The highest BCUT2D eigenvalue weighted by Gasteiger charge is 2.22. The second kappa shape index (κ2) is 13.4. The summed E-state index contributed by atoms with van der Waals surface area (Å²) < 4.78 is 5.78. The first-order chi connectivity index (χ1) is 17.2. The lowest BCUT2D eigenvalue weighted by Gasteiger charge is -2.29. The van der Waals surface area contributed by atoms with Crippen LogP contribution in [0.15, 0.2) is 54.6 Å². The minimum Gasteiger partial charge on any atom is -0.377 e. The first-order valence-electron chi connectivity index (χ1n) is 13.2. The lowest BCUT2D eigenvalue weighted by atomic mass is 9.86. The van der Waals surface area contributed by atoms with E-state index in [1.807, 2.05) is 32.3 Å². The normalized spacial score (nSPS) is 18.0. The van der Waals surface area contributed by atoms with E-state index in [4.69, 9.17) is 14.7 Å². The first-order valence-corrected chi connectivity index (χ1v) is 13.2. The van der Waals surface area contributed by atoms with E-state index >= 15 is 0 Å². The summed E-state index contributed by atoms with van der Waals surface area (Å²) in [6.45, 7) is 3.81. The highest BCUT2D eigenvalue weighted by atomic mass is 16.5. The third-order valence-corrected chi connectivity index (χ3v) is 6.87. The van der Waals surface area contributed by atoms with Gasteiger partial charge in [-0.15, -0.1) is 0 Å². The Balaban J connectivity index is 1.08. The summed E-state index contributed by atoms with van der Waals surface area (Å²) in [5.41, 5.74) is 2.25. The van der Waals surface area contributed by atoms with Crippen LogP contribution in [0.1, 0.15) is 50.5 Å². The topological polar surface area (TPSA) is 62.3 Å². The van der Waals surface area contributed by atoms with Crippen LogP contribution in [-0.2, 0) is 11.3 Å². The summed E-state index contributed by atoms with van der Waals surface area (Å²) in [6.07, 6.45) is 8.45. The van der Waals surface area contributed by atoms with E-state index in [1.165, 1.54) is 44.1 Å². The molecule has 6 nitrogen and oxygen atoms in total. The Morgan fingerprint density at radius 2 is 1.66 bits per heavy atom. The second-order valence-electron chi connectivity index (χ2n) is 9.95. The van der Waals surface area contributed by atoms with Crippen LogP contribution in [0, 0.1) is 5.92 Å². The average molecular weight is 476 g/mol. The Bertz CT molecular complexity index is 1020. The van der Waals surface area contributed by atoms with Gasteiger partial charge in [0.05, 0.1) is 12.1 Å². The van der Waals surface area contributed by atoms with Crippen molar-refractivity contribution in [2.75, 3.05) is 44.0 Å². The third-order valence-electron chi connectivity index (χ3n) is 6.87. The molecule has 3 aromatic rings. The van der Waals surface area contributed by atoms with Gasteiger partial charge >= 0.3 is 0 Å². The number of fused-ring (bicyclic) bond motifs is 1. The Morgan fingerprint density at radius 3 is 2.46 bits per heavy atom. The van der Waals surface area contributed by atoms with Crippen molar-refractivity contribution in [3.8, 4) is 0 Å². The van der Waals surface area contributed by atoms with Crippen LogP contribution in [-0.4, -0.2) is 49.8 Å². The number of hydrogen-bond acceptors (Lipinski definition) is 6. The Kier molecular flexibility index (Phi) is 9.73. The molecule has 1 aromatic heterocycles. The monoisotopic (exact) mass is 475 g/mol. The maximum Gasteiger partial charge on any atom is 0.225 e. The van der Waals surface area contributed by atoms with E-state index in [0.29, 0.717) is 6.04 Å². The molecular formula is C29H41N5O. The SMILES string of the molecule is CN(C)c1nc(NC2CCC(CNCCCCCOCc3ccccc3)CC2)nc2ccccc12. The molecule has 1 aliphatic rings. The number of nitrogens with one attached hydrogen (secondary N) is 2. The standard InChI is InChI=1S/C29H41N5O/c1-34(2)28-26-13-7-8-14-27(26)32-29(33-28)31-25-17-15-23(16-18-25)21-30-19-9-4-10-20-35-22-24-11-5-3-6-12-24/h3,5-8,11-14,23,25,30H,4,9-10,15-22H2,1-2H3,(H,31,32,33). The van der Waals surface area contributed by atoms with E-state index in [0.717, 1.165) is 61.3 Å². The molecule has 1 saturated carbocycles. The summed E-state index contributed by atoms with van der Waals surface area (Å²) in [7, 11) is 4.08. The maximum absolute atomic E-state index is 5.78. The zero-order chi connectivity index (χ0) is 24.3. The van der Waals surface area contributed by atoms with E-state index < -0.39 is 0 Å². The number of rotatable bonds is 13. The molecular weight excluding hydrogens is 434 g/mol. The minimum absolute atomic E-state index is 0.457. The van der Waals surface area contributed by atoms with Gasteiger partial charge in [0.25, 0.3) is 0 Å². The van der Waals surface area contributed by atoms with Gasteiger partial charge in [-0.2, -0.15) is 4.98 Å². The van der Waals surface area contributed by atoms with Gasteiger partial charge in [-0.3, -0.25) is 0 Å². The number of para-hydroxylation sites is 1.